The molecule has 5 nitrogen and oxygen atoms in total. The predicted molar refractivity (Wildman–Crippen MR) is 68.4 cm³/mol. The summed E-state index contributed by atoms with van der Waals surface area (Å²) in [6, 6.07) is 0.217. The van der Waals surface area contributed by atoms with E-state index >= 15 is 0 Å². The third kappa shape index (κ3) is 2.62. The lowest BCUT2D eigenvalue weighted by Gasteiger charge is -2.42. The summed E-state index contributed by atoms with van der Waals surface area (Å²) in [6.45, 7) is 8.14. The number of aliphatic hydroxyl groups is 1. The Morgan fingerprint density at radius 1 is 1.44 bits per heavy atom. The third-order valence-corrected chi connectivity index (χ3v) is 3.67. The van der Waals surface area contributed by atoms with Crippen molar-refractivity contribution in [1.82, 2.24) is 10.2 Å². The smallest absolute Gasteiger partial charge is 0.410 e. The number of fused-ring (bicyclic) bond motifs is 2. The van der Waals surface area contributed by atoms with E-state index in [1.807, 2.05) is 25.7 Å². The van der Waals surface area contributed by atoms with E-state index in [1.54, 1.807) is 6.92 Å². The van der Waals surface area contributed by atoms with Crippen LogP contribution in [0.25, 0.3) is 0 Å². The molecule has 1 amide bonds. The van der Waals surface area contributed by atoms with Gasteiger partial charge in [-0.3, -0.25) is 4.90 Å². The van der Waals surface area contributed by atoms with Crippen molar-refractivity contribution in [1.29, 1.82) is 0 Å². The van der Waals surface area contributed by atoms with Crippen LogP contribution in [0.5, 0.6) is 0 Å². The van der Waals surface area contributed by atoms with E-state index in [1.165, 1.54) is 0 Å². The van der Waals surface area contributed by atoms with Crippen molar-refractivity contribution in [3.05, 3.63) is 0 Å². The van der Waals surface area contributed by atoms with Crippen LogP contribution in [0.1, 0.15) is 40.5 Å². The summed E-state index contributed by atoms with van der Waals surface area (Å²) < 4.78 is 5.46. The number of aliphatic hydroxyl groups excluding tert-OH is 1. The highest BCUT2D eigenvalue weighted by Crippen LogP contribution is 2.32. The lowest BCUT2D eigenvalue weighted by molar-refractivity contribution is -0.00704. The maximum absolute atomic E-state index is 12.2. The molecule has 2 aliphatic rings. The van der Waals surface area contributed by atoms with Crippen LogP contribution in [0.3, 0.4) is 0 Å². The van der Waals surface area contributed by atoms with Gasteiger partial charge in [-0.25, -0.2) is 4.79 Å². The zero-order valence-electron chi connectivity index (χ0n) is 11.6. The molecule has 0 aromatic heterocycles. The number of piperazine rings is 1. The maximum Gasteiger partial charge on any atom is 0.410 e. The molecule has 0 saturated carbocycles. The van der Waals surface area contributed by atoms with Gasteiger partial charge in [0, 0.05) is 12.6 Å². The monoisotopic (exact) mass is 256 g/mol. The molecule has 2 heterocycles. The molecule has 2 aliphatic heterocycles. The standard InChI is InChI=1S/C13H24N2O3/c1-8(16)11-10-6-5-9(7-14-11)15(10)12(17)18-13(2,3)4/h8-11,14,16H,5-7H2,1-4H3/t8-,9-,10+,11-/m1/s1. The van der Waals surface area contributed by atoms with Crippen molar-refractivity contribution in [2.75, 3.05) is 6.54 Å². The summed E-state index contributed by atoms with van der Waals surface area (Å²) in [5.41, 5.74) is -0.471. The molecule has 2 N–H and O–H groups in total. The molecule has 2 bridgehead atoms. The molecule has 2 rings (SSSR count). The van der Waals surface area contributed by atoms with Crippen molar-refractivity contribution in [2.45, 2.75) is 70.4 Å². The molecular weight excluding hydrogens is 232 g/mol. The van der Waals surface area contributed by atoms with Gasteiger partial charge in [0.05, 0.1) is 18.2 Å². The van der Waals surface area contributed by atoms with Gasteiger partial charge >= 0.3 is 6.09 Å². The average Bonchev–Trinajstić information content (AvgIpc) is 2.49. The first kappa shape index (κ1) is 13.6. The van der Waals surface area contributed by atoms with E-state index in [-0.39, 0.29) is 24.2 Å². The summed E-state index contributed by atoms with van der Waals surface area (Å²) in [6.07, 6.45) is 1.22. The van der Waals surface area contributed by atoms with E-state index in [2.05, 4.69) is 5.32 Å². The topological polar surface area (TPSA) is 61.8 Å². The minimum atomic E-state index is -0.471. The maximum atomic E-state index is 12.2. The second-order valence-electron chi connectivity index (χ2n) is 6.36. The zero-order chi connectivity index (χ0) is 13.5. The molecule has 0 unspecified atom stereocenters. The lowest BCUT2D eigenvalue weighted by atomic mass is 10.0. The highest BCUT2D eigenvalue weighted by Gasteiger charge is 2.47. The molecule has 0 spiro atoms. The molecule has 2 saturated heterocycles. The number of carbonyl (C=O) groups excluding carboxylic acids is 1. The highest BCUT2D eigenvalue weighted by atomic mass is 16.6. The van der Waals surface area contributed by atoms with Gasteiger partial charge in [-0.2, -0.15) is 0 Å². The first-order valence-electron chi connectivity index (χ1n) is 6.72. The number of nitrogens with zero attached hydrogens (tertiary/aromatic N) is 1. The van der Waals surface area contributed by atoms with Crippen LogP contribution in [-0.2, 0) is 4.74 Å². The predicted octanol–water partition coefficient (Wildman–Crippen LogP) is 1.11. The molecule has 0 aromatic carbocycles. The van der Waals surface area contributed by atoms with Crippen LogP contribution >= 0.6 is 0 Å². The van der Waals surface area contributed by atoms with Gasteiger partial charge in [-0.05, 0) is 40.5 Å². The summed E-state index contributed by atoms with van der Waals surface area (Å²) in [5, 5.41) is 13.1. The quantitative estimate of drug-likeness (QED) is 0.737. The molecule has 0 radical (unpaired) electrons. The van der Waals surface area contributed by atoms with Crippen molar-refractivity contribution in [3.8, 4) is 0 Å². The van der Waals surface area contributed by atoms with Gasteiger partial charge in [0.1, 0.15) is 5.60 Å². The number of amides is 1. The Labute approximate surface area is 108 Å². The zero-order valence-corrected chi connectivity index (χ0v) is 11.6. The summed E-state index contributed by atoms with van der Waals surface area (Å²) in [5.74, 6) is 0. The van der Waals surface area contributed by atoms with E-state index in [9.17, 15) is 9.90 Å². The second-order valence-corrected chi connectivity index (χ2v) is 6.36. The van der Waals surface area contributed by atoms with Gasteiger partial charge < -0.3 is 15.2 Å². The van der Waals surface area contributed by atoms with Crippen molar-refractivity contribution < 1.29 is 14.6 Å². The molecule has 2 fully saturated rings. The molecule has 104 valence electrons. The van der Waals surface area contributed by atoms with E-state index in [0.717, 1.165) is 19.4 Å². The molecule has 0 aliphatic carbocycles. The van der Waals surface area contributed by atoms with Gasteiger partial charge in [0.15, 0.2) is 0 Å². The van der Waals surface area contributed by atoms with E-state index < -0.39 is 11.7 Å². The number of carbonyl (C=O) groups is 1. The van der Waals surface area contributed by atoms with Crippen LogP contribution in [0, 0.1) is 0 Å². The summed E-state index contributed by atoms with van der Waals surface area (Å²) >= 11 is 0. The number of ether oxygens (including phenoxy) is 1. The molecule has 0 aromatic rings. The largest absolute Gasteiger partial charge is 0.444 e. The summed E-state index contributed by atoms with van der Waals surface area (Å²) in [4.78, 5) is 14.1. The fraction of sp³-hybridized carbons (Fsp3) is 0.923. The average molecular weight is 256 g/mol. The van der Waals surface area contributed by atoms with Crippen LogP contribution in [-0.4, -0.2) is 52.5 Å². The highest BCUT2D eigenvalue weighted by molar-refractivity contribution is 5.70. The van der Waals surface area contributed by atoms with Crippen molar-refractivity contribution >= 4 is 6.09 Å². The second kappa shape index (κ2) is 4.70. The van der Waals surface area contributed by atoms with Crippen LogP contribution in [0.15, 0.2) is 0 Å². The number of hydrogen-bond donors (Lipinski definition) is 2. The van der Waals surface area contributed by atoms with Crippen LogP contribution in [0.2, 0.25) is 0 Å². The van der Waals surface area contributed by atoms with Crippen molar-refractivity contribution in [2.24, 2.45) is 0 Å². The first-order chi connectivity index (χ1) is 8.29. The molecule has 5 heteroatoms. The van der Waals surface area contributed by atoms with E-state index in [4.69, 9.17) is 4.74 Å². The molecular formula is C13H24N2O3. The number of rotatable bonds is 1. The van der Waals surface area contributed by atoms with Gasteiger partial charge in [0.25, 0.3) is 0 Å². The Hall–Kier alpha value is -0.810. The minimum Gasteiger partial charge on any atom is -0.444 e. The van der Waals surface area contributed by atoms with Gasteiger partial charge in [-0.1, -0.05) is 0 Å². The van der Waals surface area contributed by atoms with Gasteiger partial charge in [-0.15, -0.1) is 0 Å². The molecule has 4 atom stereocenters. The Kier molecular flexibility index (Phi) is 3.56. The molecule has 18 heavy (non-hydrogen) atoms. The first-order valence-corrected chi connectivity index (χ1v) is 6.72. The third-order valence-electron chi connectivity index (χ3n) is 3.67. The van der Waals surface area contributed by atoms with Crippen molar-refractivity contribution in [3.63, 3.8) is 0 Å². The lowest BCUT2D eigenvalue weighted by Crippen LogP contribution is -2.63. The normalized spacial score (nSPS) is 33.4. The van der Waals surface area contributed by atoms with Gasteiger partial charge in [0.2, 0.25) is 0 Å². The number of hydrogen-bond acceptors (Lipinski definition) is 4. The summed E-state index contributed by atoms with van der Waals surface area (Å²) in [7, 11) is 0. The number of nitrogens with one attached hydrogen (secondary N) is 1. The van der Waals surface area contributed by atoms with Crippen LogP contribution < -0.4 is 5.32 Å². The van der Waals surface area contributed by atoms with Crippen LogP contribution in [0.4, 0.5) is 4.79 Å². The fourth-order valence-electron chi connectivity index (χ4n) is 2.96. The Morgan fingerprint density at radius 2 is 2.11 bits per heavy atom. The SMILES string of the molecule is C[C@@H](O)[C@H]1NC[C@H]2CC[C@@H]1N2C(=O)OC(C)(C)C. The Balaban J connectivity index is 2.10. The van der Waals surface area contributed by atoms with E-state index in [0.29, 0.717) is 0 Å². The fourth-order valence-corrected chi connectivity index (χ4v) is 2.96. The minimum absolute atomic E-state index is 0.0451. The Morgan fingerprint density at radius 3 is 2.67 bits per heavy atom. The Bertz CT molecular complexity index is 325.